The van der Waals surface area contributed by atoms with Crippen LogP contribution in [-0.4, -0.2) is 9.25 Å². The fourth-order valence-corrected chi connectivity index (χ4v) is 1.14. The minimum absolute atomic E-state index is 0.0679. The van der Waals surface area contributed by atoms with Gasteiger partial charge in [-0.2, -0.15) is 0 Å². The van der Waals surface area contributed by atoms with Crippen molar-refractivity contribution >= 4 is 33.8 Å². The first-order valence-electron chi connectivity index (χ1n) is 3.16. The van der Waals surface area contributed by atoms with Crippen molar-refractivity contribution in [2.45, 2.75) is 0 Å². The molecule has 0 saturated heterocycles. The Kier molecular flexibility index (Phi) is 2.90. The average Bonchev–Trinajstić information content (AvgIpc) is 2.03. The third kappa shape index (κ3) is 2.19. The fourth-order valence-electron chi connectivity index (χ4n) is 0.825. The molecule has 0 N–H and O–H groups in total. The number of benzene rings is 1. The first kappa shape index (κ1) is 10.0. The minimum atomic E-state index is -0.663. The quantitative estimate of drug-likeness (QED) is 0.332. The zero-order valence-electron chi connectivity index (χ0n) is 6.16. The standard InChI is InChI=1S/C7H3ClFNO2S/c8-7(13)5-3-4(9)1-2-6(5)10(11)12/h1-3H. The minimum Gasteiger partial charge on any atom is -0.258 e. The van der Waals surface area contributed by atoms with Crippen molar-refractivity contribution in [3.63, 3.8) is 0 Å². The summed E-state index contributed by atoms with van der Waals surface area (Å²) in [7, 11) is 0. The summed E-state index contributed by atoms with van der Waals surface area (Å²) in [4.78, 5) is 9.74. The van der Waals surface area contributed by atoms with Gasteiger partial charge in [-0.3, -0.25) is 10.1 Å². The summed E-state index contributed by atoms with van der Waals surface area (Å²) in [6.07, 6.45) is 0. The molecule has 1 aromatic carbocycles. The maximum Gasteiger partial charge on any atom is 0.279 e. The number of thiocarbonyl (C=S) groups is 1. The van der Waals surface area contributed by atoms with Crippen molar-refractivity contribution < 1.29 is 9.31 Å². The number of nitro groups is 1. The molecule has 1 rings (SSSR count). The molecule has 1 aromatic rings. The zero-order chi connectivity index (χ0) is 10.0. The molecule has 6 heteroatoms. The van der Waals surface area contributed by atoms with Gasteiger partial charge in [0.05, 0.1) is 10.5 Å². The van der Waals surface area contributed by atoms with Crippen molar-refractivity contribution in [3.8, 4) is 0 Å². The molecule has 0 atom stereocenters. The number of nitrogens with zero attached hydrogens (tertiary/aromatic N) is 1. The lowest BCUT2D eigenvalue weighted by atomic mass is 10.2. The van der Waals surface area contributed by atoms with Gasteiger partial charge in [0.15, 0.2) is 0 Å². The van der Waals surface area contributed by atoms with E-state index in [0.29, 0.717) is 0 Å². The van der Waals surface area contributed by atoms with Crippen LogP contribution in [0.5, 0.6) is 0 Å². The van der Waals surface area contributed by atoms with Gasteiger partial charge in [-0.25, -0.2) is 4.39 Å². The molecular weight excluding hydrogens is 217 g/mol. The van der Waals surface area contributed by atoms with Gasteiger partial charge < -0.3 is 0 Å². The lowest BCUT2D eigenvalue weighted by Gasteiger charge is -1.98. The van der Waals surface area contributed by atoms with Crippen molar-refractivity contribution in [2.24, 2.45) is 0 Å². The van der Waals surface area contributed by atoms with E-state index in [2.05, 4.69) is 12.2 Å². The number of halogens is 2. The Hall–Kier alpha value is -1.07. The van der Waals surface area contributed by atoms with E-state index in [1.807, 2.05) is 0 Å². The lowest BCUT2D eigenvalue weighted by molar-refractivity contribution is -0.385. The van der Waals surface area contributed by atoms with E-state index in [0.717, 1.165) is 18.2 Å². The lowest BCUT2D eigenvalue weighted by Crippen LogP contribution is -1.98. The highest BCUT2D eigenvalue weighted by molar-refractivity contribution is 7.83. The van der Waals surface area contributed by atoms with Crippen molar-refractivity contribution in [1.29, 1.82) is 0 Å². The van der Waals surface area contributed by atoms with Crippen LogP contribution in [0.4, 0.5) is 10.1 Å². The first-order valence-corrected chi connectivity index (χ1v) is 3.95. The third-order valence-electron chi connectivity index (χ3n) is 1.37. The highest BCUT2D eigenvalue weighted by Gasteiger charge is 2.16. The van der Waals surface area contributed by atoms with Gasteiger partial charge in [0, 0.05) is 6.07 Å². The van der Waals surface area contributed by atoms with Crippen LogP contribution in [0, 0.1) is 15.9 Å². The Balaban J connectivity index is 3.35. The molecule has 13 heavy (non-hydrogen) atoms. The molecule has 0 aromatic heterocycles. The molecule has 0 radical (unpaired) electrons. The van der Waals surface area contributed by atoms with Crippen LogP contribution in [0.25, 0.3) is 0 Å². The SMILES string of the molecule is O=[N+]([O-])c1ccc(F)cc1C(=S)Cl. The molecule has 0 aliphatic heterocycles. The van der Waals surface area contributed by atoms with Gasteiger partial charge in [-0.1, -0.05) is 23.8 Å². The summed E-state index contributed by atoms with van der Waals surface area (Å²) in [6.45, 7) is 0. The third-order valence-corrected chi connectivity index (χ3v) is 1.79. The number of nitro benzene ring substituents is 1. The van der Waals surface area contributed by atoms with E-state index in [1.54, 1.807) is 0 Å². The van der Waals surface area contributed by atoms with Crippen LogP contribution in [0.15, 0.2) is 18.2 Å². The molecule has 0 fully saturated rings. The maximum absolute atomic E-state index is 12.6. The Morgan fingerprint density at radius 3 is 2.69 bits per heavy atom. The predicted octanol–water partition coefficient (Wildman–Crippen LogP) is 2.65. The summed E-state index contributed by atoms with van der Waals surface area (Å²) >= 11 is 9.91. The van der Waals surface area contributed by atoms with Crippen LogP contribution < -0.4 is 0 Å². The molecule has 0 heterocycles. The van der Waals surface area contributed by atoms with Gasteiger partial charge in [-0.15, -0.1) is 0 Å². The summed E-state index contributed by atoms with van der Waals surface area (Å²) in [5.41, 5.74) is -0.358. The number of rotatable bonds is 2. The molecule has 0 saturated carbocycles. The molecule has 0 bridgehead atoms. The monoisotopic (exact) mass is 219 g/mol. The molecule has 0 unspecified atom stereocenters. The van der Waals surface area contributed by atoms with Crippen LogP contribution in [-0.2, 0) is 0 Å². The van der Waals surface area contributed by atoms with Gasteiger partial charge >= 0.3 is 0 Å². The van der Waals surface area contributed by atoms with E-state index >= 15 is 0 Å². The fraction of sp³-hybridized carbons (Fsp3) is 0. The number of hydrogen-bond donors (Lipinski definition) is 0. The van der Waals surface area contributed by atoms with Crippen LogP contribution in [0.3, 0.4) is 0 Å². The predicted molar refractivity (Wildman–Crippen MR) is 50.6 cm³/mol. The van der Waals surface area contributed by atoms with Crippen LogP contribution >= 0.6 is 23.8 Å². The first-order chi connectivity index (χ1) is 6.02. The summed E-state index contributed by atoms with van der Waals surface area (Å²) in [6, 6.07) is 2.95. The average molecular weight is 220 g/mol. The Morgan fingerprint density at radius 2 is 2.23 bits per heavy atom. The zero-order valence-corrected chi connectivity index (χ0v) is 7.73. The smallest absolute Gasteiger partial charge is 0.258 e. The number of hydrogen-bond acceptors (Lipinski definition) is 3. The molecule has 0 amide bonds. The van der Waals surface area contributed by atoms with Crippen LogP contribution in [0.2, 0.25) is 0 Å². The van der Waals surface area contributed by atoms with E-state index < -0.39 is 10.7 Å². The van der Waals surface area contributed by atoms with Gasteiger partial charge in [0.25, 0.3) is 5.69 Å². The van der Waals surface area contributed by atoms with E-state index in [4.69, 9.17) is 11.6 Å². The van der Waals surface area contributed by atoms with Crippen LogP contribution in [0.1, 0.15) is 5.56 Å². The largest absolute Gasteiger partial charge is 0.279 e. The van der Waals surface area contributed by atoms with Crippen molar-refractivity contribution in [2.75, 3.05) is 0 Å². The Labute approximate surface area is 83.3 Å². The second-order valence-corrected chi connectivity index (χ2v) is 3.20. The van der Waals surface area contributed by atoms with E-state index in [9.17, 15) is 14.5 Å². The molecule has 0 aliphatic carbocycles. The van der Waals surface area contributed by atoms with E-state index in [1.165, 1.54) is 0 Å². The van der Waals surface area contributed by atoms with Gasteiger partial charge in [0.1, 0.15) is 10.1 Å². The maximum atomic E-state index is 12.6. The highest BCUT2D eigenvalue weighted by atomic mass is 35.5. The molecule has 3 nitrogen and oxygen atoms in total. The second-order valence-electron chi connectivity index (χ2n) is 2.19. The Bertz CT molecular complexity index is 383. The molecule has 68 valence electrons. The summed E-state index contributed by atoms with van der Waals surface area (Å²) in [5, 5.41) is 10.4. The normalized spacial score (nSPS) is 9.69. The van der Waals surface area contributed by atoms with Gasteiger partial charge in [0.2, 0.25) is 0 Å². The van der Waals surface area contributed by atoms with E-state index in [-0.39, 0.29) is 15.6 Å². The van der Waals surface area contributed by atoms with Gasteiger partial charge in [-0.05, 0) is 12.1 Å². The molecular formula is C7H3ClFNO2S. The van der Waals surface area contributed by atoms with Crippen molar-refractivity contribution in [3.05, 3.63) is 39.7 Å². The topological polar surface area (TPSA) is 43.1 Å². The molecule has 0 aliphatic rings. The highest BCUT2D eigenvalue weighted by Crippen LogP contribution is 2.21. The summed E-state index contributed by atoms with van der Waals surface area (Å²) < 4.78 is 12.4. The summed E-state index contributed by atoms with van der Waals surface area (Å²) in [5.74, 6) is -0.608. The Morgan fingerprint density at radius 1 is 1.62 bits per heavy atom. The van der Waals surface area contributed by atoms with Crippen molar-refractivity contribution in [1.82, 2.24) is 0 Å². The molecule has 0 spiro atoms. The second kappa shape index (κ2) is 3.76.